The first kappa shape index (κ1) is 26.2. The first-order chi connectivity index (χ1) is 19.0. The number of aromatic hydroxyl groups is 1. The fourth-order valence-corrected chi connectivity index (χ4v) is 5.16. The summed E-state index contributed by atoms with van der Waals surface area (Å²) in [6, 6.07) is 15.1. The van der Waals surface area contributed by atoms with Gasteiger partial charge in [0.1, 0.15) is 28.4 Å². The lowest BCUT2D eigenvalue weighted by Crippen LogP contribution is -2.49. The third kappa shape index (κ3) is 4.92. The van der Waals surface area contributed by atoms with E-state index >= 15 is 0 Å². The summed E-state index contributed by atoms with van der Waals surface area (Å²) in [6.07, 6.45) is 2.19. The molecule has 0 atom stereocenters. The monoisotopic (exact) mass is 531 g/mol. The highest BCUT2D eigenvalue weighted by Crippen LogP contribution is 2.45. The molecule has 1 aliphatic heterocycles. The SMILES string of the molecule is CCCCc1[nH]c(=O)c(C(=O)N2CCN(c3cc4ccccc4o3)CC2)c(O)c1-c1c(OC)cccc1OC. The maximum Gasteiger partial charge on any atom is 0.264 e. The van der Waals surface area contributed by atoms with Gasteiger partial charge in [0.25, 0.3) is 11.5 Å². The van der Waals surface area contributed by atoms with Crippen LogP contribution in [0.15, 0.2) is 57.7 Å². The highest BCUT2D eigenvalue weighted by Gasteiger charge is 2.31. The van der Waals surface area contributed by atoms with E-state index in [9.17, 15) is 14.7 Å². The Morgan fingerprint density at radius 1 is 1.00 bits per heavy atom. The predicted molar refractivity (Wildman–Crippen MR) is 150 cm³/mol. The Kier molecular flexibility index (Phi) is 7.49. The maximum atomic E-state index is 13.7. The number of carbonyl (C=O) groups excluding carboxylic acids is 1. The molecule has 204 valence electrons. The maximum absolute atomic E-state index is 13.7. The quantitative estimate of drug-likeness (QED) is 0.336. The number of carbonyl (C=O) groups is 1. The molecule has 0 radical (unpaired) electrons. The highest BCUT2D eigenvalue weighted by atomic mass is 16.5. The molecule has 1 fully saturated rings. The largest absolute Gasteiger partial charge is 0.506 e. The first-order valence-electron chi connectivity index (χ1n) is 13.2. The lowest BCUT2D eigenvalue weighted by Gasteiger charge is -2.34. The Balaban J connectivity index is 1.48. The van der Waals surface area contributed by atoms with Gasteiger partial charge in [-0.2, -0.15) is 0 Å². The van der Waals surface area contributed by atoms with Gasteiger partial charge in [-0.3, -0.25) is 9.59 Å². The standard InChI is InChI=1S/C30H33N3O6/c1-4-5-10-20-25(26-22(37-2)12-8-13-23(26)38-3)28(34)27(29(35)31-20)30(36)33-16-14-32(15-17-33)24-18-19-9-6-7-11-21(19)39-24/h6-9,11-13,18H,4-5,10,14-17H2,1-3H3,(H2,31,34,35). The molecule has 9 nitrogen and oxygen atoms in total. The van der Waals surface area contributed by atoms with Crippen molar-refractivity contribution >= 4 is 22.8 Å². The Morgan fingerprint density at radius 3 is 2.33 bits per heavy atom. The number of aryl methyl sites for hydroxylation is 1. The normalized spacial score (nSPS) is 13.6. The molecule has 2 aromatic carbocycles. The molecular weight excluding hydrogens is 498 g/mol. The summed E-state index contributed by atoms with van der Waals surface area (Å²) in [5.74, 6) is 0.793. The van der Waals surface area contributed by atoms with E-state index in [-0.39, 0.29) is 11.3 Å². The average molecular weight is 532 g/mol. The van der Waals surface area contributed by atoms with E-state index in [1.165, 1.54) is 14.2 Å². The number of furan rings is 1. The molecule has 1 aliphatic rings. The second-order valence-electron chi connectivity index (χ2n) is 9.57. The number of ether oxygens (including phenoxy) is 2. The van der Waals surface area contributed by atoms with E-state index in [0.717, 1.165) is 29.7 Å². The third-order valence-corrected chi connectivity index (χ3v) is 7.23. The molecular formula is C30H33N3O6. The molecule has 5 rings (SSSR count). The lowest BCUT2D eigenvalue weighted by molar-refractivity contribution is 0.0740. The van der Waals surface area contributed by atoms with E-state index in [1.54, 1.807) is 23.1 Å². The molecule has 1 amide bonds. The van der Waals surface area contributed by atoms with Crippen molar-refractivity contribution in [2.45, 2.75) is 26.2 Å². The topological polar surface area (TPSA) is 108 Å². The average Bonchev–Trinajstić information content (AvgIpc) is 3.40. The zero-order valence-corrected chi connectivity index (χ0v) is 22.5. The Bertz CT molecular complexity index is 1490. The van der Waals surface area contributed by atoms with E-state index in [1.807, 2.05) is 37.3 Å². The van der Waals surface area contributed by atoms with E-state index < -0.39 is 11.5 Å². The van der Waals surface area contributed by atoms with Gasteiger partial charge in [-0.1, -0.05) is 37.6 Å². The molecule has 1 saturated heterocycles. The Hall–Kier alpha value is -4.40. The number of H-pyrrole nitrogens is 1. The molecule has 0 saturated carbocycles. The number of piperazine rings is 1. The van der Waals surface area contributed by atoms with E-state index in [4.69, 9.17) is 13.9 Å². The summed E-state index contributed by atoms with van der Waals surface area (Å²) >= 11 is 0. The lowest BCUT2D eigenvalue weighted by atomic mass is 9.95. The number of fused-ring (bicyclic) bond motifs is 1. The van der Waals surface area contributed by atoms with Crippen molar-refractivity contribution in [2.24, 2.45) is 0 Å². The number of methoxy groups -OCH3 is 2. The van der Waals surface area contributed by atoms with Gasteiger partial charge in [-0.15, -0.1) is 0 Å². The van der Waals surface area contributed by atoms with Crippen LogP contribution in [0.4, 0.5) is 5.88 Å². The molecule has 4 aromatic rings. The van der Waals surface area contributed by atoms with Crippen molar-refractivity contribution in [2.75, 3.05) is 45.3 Å². The molecule has 9 heteroatoms. The number of rotatable bonds is 8. The Labute approximate surface area is 226 Å². The first-order valence-corrected chi connectivity index (χ1v) is 13.2. The number of nitrogens with one attached hydrogen (secondary N) is 1. The number of benzene rings is 2. The second kappa shape index (κ2) is 11.1. The number of anilines is 1. The van der Waals surface area contributed by atoms with Crippen molar-refractivity contribution < 1.29 is 23.8 Å². The molecule has 0 spiro atoms. The summed E-state index contributed by atoms with van der Waals surface area (Å²) in [5, 5.41) is 12.6. The van der Waals surface area contributed by atoms with Crippen LogP contribution in [0, 0.1) is 0 Å². The summed E-state index contributed by atoms with van der Waals surface area (Å²) in [6.45, 7) is 3.86. The van der Waals surface area contributed by atoms with Crippen molar-refractivity contribution in [3.63, 3.8) is 0 Å². The number of hydrogen-bond donors (Lipinski definition) is 2. The van der Waals surface area contributed by atoms with Gasteiger partial charge >= 0.3 is 0 Å². The van der Waals surface area contributed by atoms with Crippen molar-refractivity contribution in [3.05, 3.63) is 70.1 Å². The summed E-state index contributed by atoms with van der Waals surface area (Å²) in [5.41, 5.74) is 1.29. The van der Waals surface area contributed by atoms with Crippen molar-refractivity contribution in [1.82, 2.24) is 9.88 Å². The highest BCUT2D eigenvalue weighted by molar-refractivity contribution is 6.00. The minimum Gasteiger partial charge on any atom is -0.506 e. The molecule has 0 bridgehead atoms. The van der Waals surface area contributed by atoms with Gasteiger partial charge in [0, 0.05) is 43.3 Å². The zero-order chi connectivity index (χ0) is 27.5. The van der Waals surface area contributed by atoms with Crippen molar-refractivity contribution in [3.8, 4) is 28.4 Å². The molecule has 2 aromatic heterocycles. The summed E-state index contributed by atoms with van der Waals surface area (Å²) in [7, 11) is 3.06. The van der Waals surface area contributed by atoms with Crippen LogP contribution in [-0.2, 0) is 6.42 Å². The molecule has 0 unspecified atom stereocenters. The Morgan fingerprint density at radius 2 is 1.69 bits per heavy atom. The third-order valence-electron chi connectivity index (χ3n) is 7.23. The van der Waals surface area contributed by atoms with Crippen LogP contribution < -0.4 is 19.9 Å². The predicted octanol–water partition coefficient (Wildman–Crippen LogP) is 4.82. The minimum absolute atomic E-state index is 0.282. The number of pyridine rings is 1. The van der Waals surface area contributed by atoms with Gasteiger partial charge in [0.05, 0.1) is 25.3 Å². The van der Waals surface area contributed by atoms with Gasteiger partial charge in [-0.05, 0) is 31.0 Å². The zero-order valence-electron chi connectivity index (χ0n) is 22.5. The van der Waals surface area contributed by atoms with Gasteiger partial charge < -0.3 is 33.8 Å². The van der Waals surface area contributed by atoms with Crippen LogP contribution >= 0.6 is 0 Å². The van der Waals surface area contributed by atoms with Gasteiger partial charge in [0.15, 0.2) is 5.88 Å². The second-order valence-corrected chi connectivity index (χ2v) is 9.57. The van der Waals surface area contributed by atoms with E-state index in [2.05, 4.69) is 9.88 Å². The fraction of sp³-hybridized carbons (Fsp3) is 0.333. The number of amides is 1. The van der Waals surface area contributed by atoms with Crippen LogP contribution in [0.1, 0.15) is 35.8 Å². The molecule has 0 aliphatic carbocycles. The minimum atomic E-state index is -0.610. The van der Waals surface area contributed by atoms with Crippen LogP contribution in [0.25, 0.3) is 22.1 Å². The number of para-hydroxylation sites is 1. The smallest absolute Gasteiger partial charge is 0.264 e. The number of aromatic nitrogens is 1. The summed E-state index contributed by atoms with van der Waals surface area (Å²) < 4.78 is 17.2. The van der Waals surface area contributed by atoms with Crippen molar-refractivity contribution in [1.29, 1.82) is 0 Å². The fourth-order valence-electron chi connectivity index (χ4n) is 5.16. The van der Waals surface area contributed by atoms with Crippen LogP contribution in [0.3, 0.4) is 0 Å². The molecule has 39 heavy (non-hydrogen) atoms. The van der Waals surface area contributed by atoms with Gasteiger partial charge in [-0.25, -0.2) is 0 Å². The van der Waals surface area contributed by atoms with Crippen LogP contribution in [0.2, 0.25) is 0 Å². The number of hydrogen-bond acceptors (Lipinski definition) is 7. The number of nitrogens with zero attached hydrogens (tertiary/aromatic N) is 2. The number of unbranched alkanes of at least 4 members (excludes halogenated alkanes) is 1. The van der Waals surface area contributed by atoms with Crippen LogP contribution in [-0.4, -0.2) is 61.3 Å². The van der Waals surface area contributed by atoms with Crippen LogP contribution in [0.5, 0.6) is 17.2 Å². The van der Waals surface area contributed by atoms with E-state index in [0.29, 0.717) is 60.9 Å². The number of aromatic amines is 1. The molecule has 2 N–H and O–H groups in total. The molecule has 3 heterocycles. The summed E-state index contributed by atoms with van der Waals surface area (Å²) in [4.78, 5) is 33.5. The van der Waals surface area contributed by atoms with Gasteiger partial charge in [0.2, 0.25) is 0 Å².